The van der Waals surface area contributed by atoms with Gasteiger partial charge in [-0.2, -0.15) is 0 Å². The normalized spacial score (nSPS) is 12.9. The van der Waals surface area contributed by atoms with Crippen LogP contribution in [0.3, 0.4) is 0 Å². The molecule has 0 radical (unpaired) electrons. The number of rotatable bonds is 4. The largest absolute Gasteiger partial charge is 0.269 e. The van der Waals surface area contributed by atoms with Gasteiger partial charge >= 0.3 is 0 Å². The fourth-order valence-corrected chi connectivity index (χ4v) is 4.79. The summed E-state index contributed by atoms with van der Waals surface area (Å²) in [6.07, 6.45) is 4.18. The Balaban J connectivity index is 2.00. The Bertz CT molecular complexity index is 1420. The maximum Gasteiger partial charge on any atom is 0.269 e. The van der Waals surface area contributed by atoms with Crippen molar-refractivity contribution in [3.8, 4) is 11.4 Å². The molecule has 4 rings (SSSR count). The lowest BCUT2D eigenvalue weighted by molar-refractivity contribution is 0.573. The highest BCUT2D eigenvalue weighted by Gasteiger charge is 2.25. The zero-order chi connectivity index (χ0) is 21.6. The van der Waals surface area contributed by atoms with E-state index in [9.17, 15) is 21.4 Å². The van der Waals surface area contributed by atoms with Crippen molar-refractivity contribution < 1.29 is 21.4 Å². The maximum absolute atomic E-state index is 13.9. The Morgan fingerprint density at radius 2 is 1.77 bits per heavy atom. The van der Waals surface area contributed by atoms with Gasteiger partial charge in [0.15, 0.2) is 22.3 Å². The van der Waals surface area contributed by atoms with E-state index in [4.69, 9.17) is 0 Å². The van der Waals surface area contributed by atoms with Gasteiger partial charge in [0.25, 0.3) is 10.0 Å². The second-order valence-corrected chi connectivity index (χ2v) is 9.59. The first kappa shape index (κ1) is 20.2. The topological polar surface area (TPSA) is 94.8 Å². The summed E-state index contributed by atoms with van der Waals surface area (Å²) in [5.74, 6) is -1.66. The van der Waals surface area contributed by atoms with Crippen LogP contribution in [0.15, 0.2) is 58.8 Å². The Hall–Kier alpha value is -3.05. The summed E-state index contributed by atoms with van der Waals surface area (Å²) in [7, 11) is -5.82. The number of aromatic nitrogens is 4. The van der Waals surface area contributed by atoms with E-state index < -0.39 is 32.5 Å². The van der Waals surface area contributed by atoms with Crippen molar-refractivity contribution in [1.82, 2.24) is 18.9 Å². The van der Waals surface area contributed by atoms with Gasteiger partial charge in [-0.1, -0.05) is 17.7 Å². The van der Waals surface area contributed by atoms with E-state index in [0.29, 0.717) is 0 Å². The number of benzene rings is 1. The van der Waals surface area contributed by atoms with Crippen molar-refractivity contribution in [2.45, 2.75) is 16.8 Å². The molecular formula is C19H14F2N4O3S2. The molecule has 154 valence electrons. The molecule has 3 aromatic heterocycles. The Morgan fingerprint density at radius 1 is 1.07 bits per heavy atom. The number of hydrogen-bond acceptors (Lipinski definition) is 6. The summed E-state index contributed by atoms with van der Waals surface area (Å²) in [4.78, 5) is 11.8. The highest BCUT2D eigenvalue weighted by molar-refractivity contribution is 7.90. The molecule has 1 aromatic carbocycles. The van der Waals surface area contributed by atoms with Gasteiger partial charge in [-0.25, -0.2) is 36.1 Å². The van der Waals surface area contributed by atoms with Crippen molar-refractivity contribution in [1.29, 1.82) is 0 Å². The van der Waals surface area contributed by atoms with E-state index in [0.717, 1.165) is 28.0 Å². The number of hydrogen-bond donors (Lipinski definition) is 0. The SMILES string of the molecule is Cc1ccc(S(=O)(=O)n2cc(-c3ncc(F)c(S(C)=O)n3)c3cc(F)cnc32)cc1. The second kappa shape index (κ2) is 7.33. The Labute approximate surface area is 173 Å². The molecule has 0 saturated heterocycles. The van der Waals surface area contributed by atoms with Gasteiger partial charge in [0, 0.05) is 23.4 Å². The van der Waals surface area contributed by atoms with Crippen LogP contribution in [0.4, 0.5) is 8.78 Å². The van der Waals surface area contributed by atoms with Crippen LogP contribution in [0.1, 0.15) is 5.56 Å². The van der Waals surface area contributed by atoms with E-state index in [2.05, 4.69) is 15.0 Å². The Morgan fingerprint density at radius 3 is 2.43 bits per heavy atom. The molecule has 1 unspecified atom stereocenters. The summed E-state index contributed by atoms with van der Waals surface area (Å²) in [6.45, 7) is 1.82. The smallest absolute Gasteiger partial charge is 0.253 e. The average Bonchev–Trinajstić information content (AvgIpc) is 3.08. The monoisotopic (exact) mass is 448 g/mol. The fraction of sp³-hybridized carbons (Fsp3) is 0.105. The molecule has 4 aromatic rings. The predicted octanol–water partition coefficient (Wildman–Crippen LogP) is 3.05. The zero-order valence-electron chi connectivity index (χ0n) is 15.7. The van der Waals surface area contributed by atoms with E-state index >= 15 is 0 Å². The van der Waals surface area contributed by atoms with Gasteiger partial charge in [-0.05, 0) is 25.1 Å². The number of pyridine rings is 1. The minimum atomic E-state index is -4.07. The number of fused-ring (bicyclic) bond motifs is 1. The standard InChI is InChI=1S/C19H14F2N4O3S2/c1-11-3-5-13(6-4-11)30(27,28)25-10-15(14-7-12(20)8-23-18(14)25)17-22-9-16(21)19(24-17)29(2)26/h3-10H,1-2H3. The highest BCUT2D eigenvalue weighted by Crippen LogP contribution is 2.31. The quantitative estimate of drug-likeness (QED) is 0.446. The number of aryl methyl sites for hydroxylation is 1. The van der Waals surface area contributed by atoms with E-state index in [1.165, 1.54) is 24.6 Å². The zero-order valence-corrected chi connectivity index (χ0v) is 17.3. The van der Waals surface area contributed by atoms with Crippen LogP contribution in [0.25, 0.3) is 22.4 Å². The molecule has 3 heterocycles. The third kappa shape index (κ3) is 3.39. The van der Waals surface area contributed by atoms with Gasteiger partial charge in [-0.15, -0.1) is 0 Å². The summed E-state index contributed by atoms with van der Waals surface area (Å²) in [5, 5.41) is -0.225. The van der Waals surface area contributed by atoms with Crippen LogP contribution >= 0.6 is 0 Å². The van der Waals surface area contributed by atoms with Crippen molar-refractivity contribution in [3.05, 3.63) is 66.1 Å². The molecule has 0 saturated carbocycles. The highest BCUT2D eigenvalue weighted by atomic mass is 32.2. The van der Waals surface area contributed by atoms with E-state index in [-0.39, 0.29) is 32.3 Å². The molecule has 0 aliphatic heterocycles. The molecule has 11 heteroatoms. The molecule has 0 bridgehead atoms. The molecule has 0 spiro atoms. The fourth-order valence-electron chi connectivity index (χ4n) is 2.92. The van der Waals surface area contributed by atoms with Crippen molar-refractivity contribution in [3.63, 3.8) is 0 Å². The third-order valence-electron chi connectivity index (χ3n) is 4.38. The van der Waals surface area contributed by atoms with Crippen LogP contribution in [0.2, 0.25) is 0 Å². The Kier molecular flexibility index (Phi) is 4.94. The second-order valence-electron chi connectivity index (χ2n) is 6.48. The average molecular weight is 448 g/mol. The van der Waals surface area contributed by atoms with Gasteiger partial charge in [0.05, 0.1) is 28.1 Å². The third-order valence-corrected chi connectivity index (χ3v) is 6.88. The van der Waals surface area contributed by atoms with Crippen LogP contribution in [-0.4, -0.2) is 37.8 Å². The molecule has 0 N–H and O–H groups in total. The molecule has 0 fully saturated rings. The molecule has 0 amide bonds. The van der Waals surface area contributed by atoms with Gasteiger partial charge in [0.1, 0.15) is 5.82 Å². The lowest BCUT2D eigenvalue weighted by Crippen LogP contribution is -2.12. The van der Waals surface area contributed by atoms with Crippen molar-refractivity contribution in [2.24, 2.45) is 0 Å². The van der Waals surface area contributed by atoms with Crippen LogP contribution in [0.5, 0.6) is 0 Å². The summed E-state index contributed by atoms with van der Waals surface area (Å²) in [5.41, 5.74) is 0.950. The maximum atomic E-state index is 13.9. The minimum absolute atomic E-state index is 0.0121. The summed E-state index contributed by atoms with van der Waals surface area (Å²) in [6, 6.07) is 7.30. The van der Waals surface area contributed by atoms with E-state index in [1.54, 1.807) is 12.1 Å². The molecule has 30 heavy (non-hydrogen) atoms. The first-order valence-corrected chi connectivity index (χ1v) is 11.5. The van der Waals surface area contributed by atoms with Gasteiger partial charge < -0.3 is 0 Å². The van der Waals surface area contributed by atoms with E-state index in [1.807, 2.05) is 6.92 Å². The van der Waals surface area contributed by atoms with Crippen molar-refractivity contribution >= 4 is 31.9 Å². The van der Waals surface area contributed by atoms with Crippen LogP contribution in [0, 0.1) is 18.6 Å². The van der Waals surface area contributed by atoms with Crippen molar-refractivity contribution in [2.75, 3.05) is 6.26 Å². The molecule has 7 nitrogen and oxygen atoms in total. The summed E-state index contributed by atoms with van der Waals surface area (Å²) < 4.78 is 66.8. The molecule has 0 aliphatic carbocycles. The van der Waals surface area contributed by atoms with Crippen LogP contribution in [-0.2, 0) is 20.8 Å². The lowest BCUT2D eigenvalue weighted by atomic mass is 10.2. The van der Waals surface area contributed by atoms with Crippen LogP contribution < -0.4 is 0 Å². The van der Waals surface area contributed by atoms with Gasteiger partial charge in [-0.3, -0.25) is 4.21 Å². The number of nitrogens with zero attached hydrogens (tertiary/aromatic N) is 4. The predicted molar refractivity (Wildman–Crippen MR) is 107 cm³/mol. The summed E-state index contributed by atoms with van der Waals surface area (Å²) >= 11 is 0. The molecule has 1 atom stereocenters. The number of halogens is 2. The molecular weight excluding hydrogens is 434 g/mol. The first-order chi connectivity index (χ1) is 14.2. The lowest BCUT2D eigenvalue weighted by Gasteiger charge is -2.07. The minimum Gasteiger partial charge on any atom is -0.253 e. The first-order valence-electron chi connectivity index (χ1n) is 8.53. The van der Waals surface area contributed by atoms with Gasteiger partial charge in [0.2, 0.25) is 0 Å². The molecule has 0 aliphatic rings.